The fourth-order valence-corrected chi connectivity index (χ4v) is 6.72. The molecule has 4 atom stereocenters. The van der Waals surface area contributed by atoms with Crippen LogP contribution in [0.5, 0.6) is 5.75 Å². The molecule has 4 aromatic rings. The van der Waals surface area contributed by atoms with Crippen molar-refractivity contribution in [1.82, 2.24) is 24.0 Å². The molecule has 9 heteroatoms. The van der Waals surface area contributed by atoms with E-state index in [1.807, 2.05) is 29.3 Å². The molecule has 3 aromatic heterocycles. The van der Waals surface area contributed by atoms with E-state index in [0.29, 0.717) is 30.4 Å². The Bertz CT molecular complexity index is 1520. The van der Waals surface area contributed by atoms with Crippen molar-refractivity contribution in [1.29, 1.82) is 0 Å². The van der Waals surface area contributed by atoms with Crippen LogP contribution in [0.25, 0.3) is 33.6 Å². The molecule has 2 aliphatic rings. The lowest BCUT2D eigenvalue weighted by atomic mass is 10.1. The number of aromatic nitrogens is 4. The zero-order valence-corrected chi connectivity index (χ0v) is 23.3. The summed E-state index contributed by atoms with van der Waals surface area (Å²) >= 11 is 0. The Morgan fingerprint density at radius 1 is 1.18 bits per heavy atom. The fourth-order valence-electron chi connectivity index (χ4n) is 6.72. The van der Waals surface area contributed by atoms with E-state index in [9.17, 15) is 4.79 Å². The monoisotopic (exact) mass is 530 g/mol. The number of imidazole rings is 1. The maximum atomic E-state index is 13.7. The van der Waals surface area contributed by atoms with E-state index < -0.39 is 0 Å². The summed E-state index contributed by atoms with van der Waals surface area (Å²) in [6.45, 7) is 7.14. The predicted octanol–water partition coefficient (Wildman–Crippen LogP) is 4.32. The van der Waals surface area contributed by atoms with Gasteiger partial charge in [0.15, 0.2) is 5.82 Å². The molecule has 1 aliphatic heterocycles. The molecule has 1 aromatic carbocycles. The molecule has 1 aliphatic carbocycles. The van der Waals surface area contributed by atoms with Crippen molar-refractivity contribution in [2.75, 3.05) is 27.4 Å². The molecule has 0 radical (unpaired) electrons. The third-order valence-corrected chi connectivity index (χ3v) is 8.81. The molecule has 6 rings (SSSR count). The number of nitrogens with zero attached hydrogens (tertiary/aromatic N) is 5. The summed E-state index contributed by atoms with van der Waals surface area (Å²) in [5.74, 6) is 2.17. The first-order valence-corrected chi connectivity index (χ1v) is 14.1. The van der Waals surface area contributed by atoms with E-state index in [1.165, 1.54) is 0 Å². The van der Waals surface area contributed by atoms with Gasteiger partial charge in [0.2, 0.25) is 0 Å². The Kier molecular flexibility index (Phi) is 6.81. The molecule has 39 heavy (non-hydrogen) atoms. The minimum Gasteiger partial charge on any atom is -0.494 e. The number of fused-ring (bicyclic) bond motifs is 4. The third kappa shape index (κ3) is 4.19. The second-order valence-corrected chi connectivity index (χ2v) is 11.0. The Morgan fingerprint density at radius 2 is 2.03 bits per heavy atom. The van der Waals surface area contributed by atoms with E-state index in [2.05, 4.69) is 40.1 Å². The second kappa shape index (κ2) is 10.3. The van der Waals surface area contributed by atoms with Crippen LogP contribution in [0.15, 0.2) is 36.5 Å². The SMILES string of the molecule is CC[C@@H](COC)Cn1c(-c2cc3cccnc3n2CC)nc2cc(C(=O)N3C[C@H]4CC[C@@H]3[C@@H]4N)cc(OC)c21. The Balaban J connectivity index is 1.52. The normalized spacial score (nSPS) is 21.4. The van der Waals surface area contributed by atoms with Gasteiger partial charge in [-0.15, -0.1) is 0 Å². The summed E-state index contributed by atoms with van der Waals surface area (Å²) in [6.07, 6.45) is 4.86. The Hall–Kier alpha value is -3.43. The van der Waals surface area contributed by atoms with Crippen LogP contribution in [0, 0.1) is 11.8 Å². The van der Waals surface area contributed by atoms with Crippen LogP contribution in [-0.2, 0) is 17.8 Å². The van der Waals surface area contributed by atoms with Crippen LogP contribution in [0.3, 0.4) is 0 Å². The molecule has 2 fully saturated rings. The summed E-state index contributed by atoms with van der Waals surface area (Å²) in [4.78, 5) is 25.5. The van der Waals surface area contributed by atoms with Crippen molar-refractivity contribution in [3.8, 4) is 17.3 Å². The smallest absolute Gasteiger partial charge is 0.254 e. The summed E-state index contributed by atoms with van der Waals surface area (Å²) in [6, 6.07) is 10.2. The number of piperidine rings is 1. The number of nitrogens with two attached hydrogens (primary N) is 1. The molecule has 2 N–H and O–H groups in total. The largest absolute Gasteiger partial charge is 0.494 e. The minimum atomic E-state index is 0.00615. The molecule has 2 bridgehead atoms. The summed E-state index contributed by atoms with van der Waals surface area (Å²) in [5, 5.41) is 1.07. The van der Waals surface area contributed by atoms with Gasteiger partial charge in [-0.25, -0.2) is 9.97 Å². The second-order valence-electron chi connectivity index (χ2n) is 11.0. The maximum absolute atomic E-state index is 13.7. The van der Waals surface area contributed by atoms with Gasteiger partial charge in [-0.1, -0.05) is 6.92 Å². The molecule has 1 saturated heterocycles. The molecule has 0 unspecified atom stereocenters. The number of amides is 1. The van der Waals surface area contributed by atoms with Crippen molar-refractivity contribution in [3.63, 3.8) is 0 Å². The highest BCUT2D eigenvalue weighted by molar-refractivity contribution is 6.00. The number of pyridine rings is 1. The zero-order valence-electron chi connectivity index (χ0n) is 23.3. The molecule has 9 nitrogen and oxygen atoms in total. The molecular weight excluding hydrogens is 492 g/mol. The van der Waals surface area contributed by atoms with Crippen molar-refractivity contribution in [3.05, 3.63) is 42.1 Å². The van der Waals surface area contributed by atoms with Gasteiger partial charge in [0.05, 0.1) is 24.9 Å². The standard InChI is InChI=1S/C30H38N6O3/c1-5-18(17-38-3)15-36-27-22(33-29(36)24-13-19-8-7-11-32-28(19)34(24)6-2)12-21(14-25(27)39-4)30(37)35-16-20-9-10-23(35)26(20)31/h7-8,11-14,18,20,23,26H,5-6,9-10,15-17,31H2,1-4H3/t18-,20-,23-,26-/m1/s1. The molecule has 1 saturated carbocycles. The van der Waals surface area contributed by atoms with E-state index in [0.717, 1.165) is 65.9 Å². The number of hydrogen-bond donors (Lipinski definition) is 1. The Labute approximate surface area is 228 Å². The highest BCUT2D eigenvalue weighted by Gasteiger charge is 2.47. The Morgan fingerprint density at radius 3 is 2.69 bits per heavy atom. The summed E-state index contributed by atoms with van der Waals surface area (Å²) < 4.78 is 15.9. The molecule has 4 heterocycles. The lowest BCUT2D eigenvalue weighted by Gasteiger charge is -2.27. The number of aryl methyl sites for hydroxylation is 1. The number of likely N-dealkylation sites (tertiary alicyclic amines) is 1. The minimum absolute atomic E-state index is 0.00615. The van der Waals surface area contributed by atoms with Gasteiger partial charge in [0, 0.05) is 56.0 Å². The lowest BCUT2D eigenvalue weighted by molar-refractivity contribution is 0.0700. The molecule has 1 amide bonds. The molecule has 0 spiro atoms. The van der Waals surface area contributed by atoms with Gasteiger partial charge in [-0.3, -0.25) is 4.79 Å². The van der Waals surface area contributed by atoms with Crippen LogP contribution < -0.4 is 10.5 Å². The first kappa shape index (κ1) is 25.8. The van der Waals surface area contributed by atoms with Crippen LogP contribution in [-0.4, -0.2) is 69.4 Å². The average Bonchev–Trinajstić information content (AvgIpc) is 3.70. The highest BCUT2D eigenvalue weighted by atomic mass is 16.5. The molecular formula is C30H38N6O3. The first-order chi connectivity index (χ1) is 19.0. The number of ether oxygens (including phenoxy) is 2. The van der Waals surface area contributed by atoms with Gasteiger partial charge in [-0.2, -0.15) is 0 Å². The van der Waals surface area contributed by atoms with Gasteiger partial charge in [0.25, 0.3) is 5.91 Å². The van der Waals surface area contributed by atoms with Crippen molar-refractivity contribution < 1.29 is 14.3 Å². The van der Waals surface area contributed by atoms with Crippen LogP contribution in [0.4, 0.5) is 0 Å². The van der Waals surface area contributed by atoms with Crippen molar-refractivity contribution in [2.24, 2.45) is 17.6 Å². The van der Waals surface area contributed by atoms with Gasteiger partial charge >= 0.3 is 0 Å². The van der Waals surface area contributed by atoms with Gasteiger partial charge in [0.1, 0.15) is 16.9 Å². The van der Waals surface area contributed by atoms with E-state index in [4.69, 9.17) is 20.2 Å². The van der Waals surface area contributed by atoms with Crippen LogP contribution in [0.1, 0.15) is 43.5 Å². The maximum Gasteiger partial charge on any atom is 0.254 e. The first-order valence-electron chi connectivity index (χ1n) is 14.1. The summed E-state index contributed by atoms with van der Waals surface area (Å²) in [7, 11) is 3.40. The third-order valence-electron chi connectivity index (χ3n) is 8.81. The van der Waals surface area contributed by atoms with Crippen molar-refractivity contribution >= 4 is 28.0 Å². The topological polar surface area (TPSA) is 100 Å². The number of benzene rings is 1. The van der Waals surface area contributed by atoms with Gasteiger partial charge < -0.3 is 29.2 Å². The lowest BCUT2D eigenvalue weighted by Crippen LogP contribution is -2.41. The van der Waals surface area contributed by atoms with E-state index in [1.54, 1.807) is 14.2 Å². The van der Waals surface area contributed by atoms with Crippen LogP contribution in [0.2, 0.25) is 0 Å². The van der Waals surface area contributed by atoms with Crippen LogP contribution >= 0.6 is 0 Å². The van der Waals surface area contributed by atoms with E-state index >= 15 is 0 Å². The number of rotatable bonds is 9. The van der Waals surface area contributed by atoms with Crippen molar-refractivity contribution in [2.45, 2.75) is 58.3 Å². The zero-order chi connectivity index (χ0) is 27.3. The summed E-state index contributed by atoms with van der Waals surface area (Å²) in [5.41, 5.74) is 10.6. The number of methoxy groups -OCH3 is 2. The highest BCUT2D eigenvalue weighted by Crippen LogP contribution is 2.39. The van der Waals surface area contributed by atoms with E-state index in [-0.39, 0.29) is 23.9 Å². The average molecular weight is 531 g/mol. The predicted molar refractivity (Wildman–Crippen MR) is 152 cm³/mol. The quantitative estimate of drug-likeness (QED) is 0.346. The fraction of sp³-hybridized carbons (Fsp3) is 0.500. The number of carbonyl (C=O) groups excluding carboxylic acids is 1. The van der Waals surface area contributed by atoms with Gasteiger partial charge in [-0.05, 0) is 68.4 Å². The number of hydrogen-bond acceptors (Lipinski definition) is 6. The molecule has 206 valence electrons. The number of carbonyl (C=O) groups is 1.